The van der Waals surface area contributed by atoms with Crippen molar-refractivity contribution < 1.29 is 23.4 Å². The van der Waals surface area contributed by atoms with E-state index < -0.39 is 17.5 Å². The van der Waals surface area contributed by atoms with Gasteiger partial charge in [0, 0.05) is 29.8 Å². The lowest BCUT2D eigenvalue weighted by Gasteiger charge is -2.25. The van der Waals surface area contributed by atoms with Crippen LogP contribution in [0.2, 0.25) is 0 Å². The van der Waals surface area contributed by atoms with Crippen molar-refractivity contribution in [3.63, 3.8) is 0 Å². The van der Waals surface area contributed by atoms with E-state index in [2.05, 4.69) is 20.4 Å². The van der Waals surface area contributed by atoms with Gasteiger partial charge in [-0.1, -0.05) is 6.07 Å². The van der Waals surface area contributed by atoms with Crippen molar-refractivity contribution in [3.05, 3.63) is 66.8 Å². The number of hydrogen-bond donors (Lipinski definition) is 3. The summed E-state index contributed by atoms with van der Waals surface area (Å²) in [6, 6.07) is 9.10. The molecule has 0 atom stereocenters. The fraction of sp³-hybridized carbons (Fsp3) is 0.333. The van der Waals surface area contributed by atoms with Crippen LogP contribution in [0.15, 0.2) is 55.1 Å². The maximum atomic E-state index is 15.0. The van der Waals surface area contributed by atoms with Crippen LogP contribution >= 0.6 is 0 Å². The number of carbonyl (C=O) groups excluding carboxylic acids is 1. The third-order valence-electron chi connectivity index (χ3n) is 6.10. The van der Waals surface area contributed by atoms with Crippen LogP contribution in [0.4, 0.5) is 26.0 Å². The number of amides is 1. The summed E-state index contributed by atoms with van der Waals surface area (Å²) >= 11 is 0. The van der Waals surface area contributed by atoms with Crippen LogP contribution in [0, 0.1) is 11.6 Å². The molecule has 1 amide bonds. The van der Waals surface area contributed by atoms with Gasteiger partial charge in [0.15, 0.2) is 11.6 Å². The Labute approximate surface area is 224 Å². The van der Waals surface area contributed by atoms with E-state index in [1.165, 1.54) is 40.4 Å². The lowest BCUT2D eigenvalue weighted by Crippen LogP contribution is -2.40. The Morgan fingerprint density at radius 2 is 2.05 bits per heavy atom. The smallest absolute Gasteiger partial charge is 0.239 e. The molecule has 0 aliphatic carbocycles. The minimum Gasteiger partial charge on any atom is -0.493 e. The fourth-order valence-electron chi connectivity index (χ4n) is 4.10. The number of rotatable bonds is 13. The van der Waals surface area contributed by atoms with Crippen molar-refractivity contribution in [2.24, 2.45) is 5.73 Å². The van der Waals surface area contributed by atoms with Gasteiger partial charge in [0.05, 0.1) is 29.7 Å². The molecule has 0 spiro atoms. The van der Waals surface area contributed by atoms with Gasteiger partial charge in [-0.2, -0.15) is 5.10 Å². The molecule has 2 aromatic heterocycles. The van der Waals surface area contributed by atoms with Crippen molar-refractivity contribution in [1.82, 2.24) is 25.1 Å². The van der Waals surface area contributed by atoms with Crippen LogP contribution in [0.25, 0.3) is 10.9 Å². The van der Waals surface area contributed by atoms with Crippen molar-refractivity contribution in [2.75, 3.05) is 24.7 Å². The molecule has 0 radical (unpaired) electrons. The summed E-state index contributed by atoms with van der Waals surface area (Å²) in [5, 5.41) is 17.2. The van der Waals surface area contributed by atoms with E-state index in [-0.39, 0.29) is 30.2 Å². The van der Waals surface area contributed by atoms with Gasteiger partial charge < -0.3 is 20.9 Å². The van der Waals surface area contributed by atoms with Crippen LogP contribution in [0.3, 0.4) is 0 Å². The number of anilines is 3. The maximum absolute atomic E-state index is 15.0. The summed E-state index contributed by atoms with van der Waals surface area (Å²) in [6.45, 7) is 5.20. The molecule has 4 aromatic rings. The average Bonchev–Trinajstić information content (AvgIpc) is 3.33. The highest BCUT2D eigenvalue weighted by molar-refractivity contribution is 5.95. The van der Waals surface area contributed by atoms with E-state index in [1.807, 2.05) is 13.8 Å². The van der Waals surface area contributed by atoms with Crippen LogP contribution in [-0.4, -0.2) is 56.1 Å². The normalized spacial score (nSPS) is 11.6. The van der Waals surface area contributed by atoms with E-state index >= 15 is 4.39 Å². The molecule has 206 valence electrons. The Kier molecular flexibility index (Phi) is 8.67. The number of nitrogens with two attached hydrogens (primary N) is 1. The molecule has 0 unspecified atom stereocenters. The number of aliphatic hydroxyl groups is 1. The third-order valence-corrected chi connectivity index (χ3v) is 6.10. The highest BCUT2D eigenvalue weighted by Gasteiger charge is 2.23. The topological polar surface area (TPSA) is 131 Å². The summed E-state index contributed by atoms with van der Waals surface area (Å²) < 4.78 is 36.5. The summed E-state index contributed by atoms with van der Waals surface area (Å²) in [4.78, 5) is 21.5. The third kappa shape index (κ3) is 6.84. The van der Waals surface area contributed by atoms with E-state index in [0.717, 1.165) is 19.0 Å². The van der Waals surface area contributed by atoms with Crippen molar-refractivity contribution in [1.29, 1.82) is 0 Å². The van der Waals surface area contributed by atoms with E-state index in [4.69, 9.17) is 15.6 Å². The van der Waals surface area contributed by atoms with Gasteiger partial charge in [0.25, 0.3) is 0 Å². The van der Waals surface area contributed by atoms with E-state index in [9.17, 15) is 9.18 Å². The number of primary amides is 1. The quantitative estimate of drug-likeness (QED) is 0.220. The first-order chi connectivity index (χ1) is 18.7. The SMILES string of the molecule is CC(C)(CCO)NCCCOc1ccc2c(N(c3cnn(CC(N)=O)c3)c3cccc(F)c3F)ncnc2c1. The highest BCUT2D eigenvalue weighted by atomic mass is 19.2. The number of halogens is 2. The van der Waals surface area contributed by atoms with Crippen molar-refractivity contribution in [2.45, 2.75) is 38.8 Å². The standard InChI is InChI=1S/C27H31F2N7O3/c1-27(2,9-11-37)33-10-4-12-39-19-7-8-20-22(13-19)31-17-32-26(20)36(23-6-3-5-21(28)25(23)29)18-14-34-35(15-18)16-24(30)38/h3,5-8,13-15,17,33,37H,4,9-12,16H2,1-2H3,(H2,30,38). The zero-order valence-corrected chi connectivity index (χ0v) is 21.8. The van der Waals surface area contributed by atoms with Gasteiger partial charge in [-0.15, -0.1) is 0 Å². The Morgan fingerprint density at radius 3 is 2.82 bits per heavy atom. The average molecular weight is 540 g/mol. The molecule has 0 aliphatic rings. The second-order valence-corrected chi connectivity index (χ2v) is 9.63. The number of fused-ring (bicyclic) bond motifs is 1. The van der Waals surface area contributed by atoms with E-state index in [1.54, 1.807) is 18.2 Å². The predicted octanol–water partition coefficient (Wildman–Crippen LogP) is 3.58. The zero-order chi connectivity index (χ0) is 28.0. The Balaban J connectivity index is 1.61. The Hall–Kier alpha value is -4.16. The monoisotopic (exact) mass is 539 g/mol. The van der Waals surface area contributed by atoms with Crippen molar-refractivity contribution in [3.8, 4) is 5.75 Å². The molecular weight excluding hydrogens is 508 g/mol. The largest absolute Gasteiger partial charge is 0.493 e. The maximum Gasteiger partial charge on any atom is 0.239 e. The highest BCUT2D eigenvalue weighted by Crippen LogP contribution is 2.39. The van der Waals surface area contributed by atoms with Gasteiger partial charge in [0.1, 0.15) is 24.4 Å². The molecular formula is C27H31F2N7O3. The molecule has 2 heterocycles. The first kappa shape index (κ1) is 27.9. The predicted molar refractivity (Wildman–Crippen MR) is 143 cm³/mol. The molecule has 4 N–H and O–H groups in total. The number of nitrogens with zero attached hydrogens (tertiary/aromatic N) is 5. The van der Waals surface area contributed by atoms with Crippen LogP contribution in [0.5, 0.6) is 5.75 Å². The molecule has 4 rings (SSSR count). The Morgan fingerprint density at radius 1 is 1.23 bits per heavy atom. The molecule has 2 aromatic carbocycles. The lowest BCUT2D eigenvalue weighted by molar-refractivity contribution is -0.118. The minimum atomic E-state index is -1.07. The summed E-state index contributed by atoms with van der Waals surface area (Å²) in [7, 11) is 0. The number of aromatic nitrogens is 4. The number of carbonyl (C=O) groups is 1. The first-order valence-electron chi connectivity index (χ1n) is 12.5. The van der Waals surface area contributed by atoms with Crippen LogP contribution in [-0.2, 0) is 11.3 Å². The zero-order valence-electron chi connectivity index (χ0n) is 21.8. The summed E-state index contributed by atoms with van der Waals surface area (Å²) in [5.41, 5.74) is 5.91. The number of ether oxygens (including phenoxy) is 1. The summed E-state index contributed by atoms with van der Waals surface area (Å²) in [6.07, 6.45) is 5.64. The van der Waals surface area contributed by atoms with Crippen LogP contribution < -0.4 is 20.7 Å². The molecule has 0 fully saturated rings. The van der Waals surface area contributed by atoms with E-state index in [0.29, 0.717) is 35.4 Å². The number of benzene rings is 2. The summed E-state index contributed by atoms with van der Waals surface area (Å²) in [5.74, 6) is -1.81. The van der Waals surface area contributed by atoms with Gasteiger partial charge in [-0.05, 0) is 57.5 Å². The molecule has 12 heteroatoms. The molecule has 0 aliphatic heterocycles. The molecule has 0 saturated carbocycles. The molecule has 0 saturated heterocycles. The van der Waals surface area contributed by atoms with Crippen LogP contribution in [0.1, 0.15) is 26.7 Å². The Bertz CT molecular complexity index is 1440. The second-order valence-electron chi connectivity index (χ2n) is 9.63. The molecule has 10 nitrogen and oxygen atoms in total. The number of nitrogens with one attached hydrogen (secondary N) is 1. The lowest BCUT2D eigenvalue weighted by atomic mass is 10.0. The number of hydrogen-bond acceptors (Lipinski definition) is 8. The molecule has 0 bridgehead atoms. The fourth-order valence-corrected chi connectivity index (χ4v) is 4.10. The van der Waals surface area contributed by atoms with Crippen molar-refractivity contribution >= 4 is 34.0 Å². The van der Waals surface area contributed by atoms with Gasteiger partial charge >= 0.3 is 0 Å². The first-order valence-corrected chi connectivity index (χ1v) is 12.5. The van der Waals surface area contributed by atoms with Gasteiger partial charge in [-0.3, -0.25) is 14.4 Å². The number of aliphatic hydroxyl groups excluding tert-OH is 1. The second kappa shape index (κ2) is 12.1. The van der Waals surface area contributed by atoms with Gasteiger partial charge in [-0.25, -0.2) is 18.7 Å². The minimum absolute atomic E-state index is 0.0921. The molecule has 39 heavy (non-hydrogen) atoms. The van der Waals surface area contributed by atoms with Gasteiger partial charge in [0.2, 0.25) is 5.91 Å².